The summed E-state index contributed by atoms with van der Waals surface area (Å²) in [6, 6.07) is 3.64. The third-order valence-corrected chi connectivity index (χ3v) is 3.80. The first kappa shape index (κ1) is 14.6. The fraction of sp³-hybridized carbons (Fsp3) is 0.600. The fourth-order valence-corrected chi connectivity index (χ4v) is 2.77. The number of carbonyl (C=O) groups is 2. The molecule has 110 valence electrons. The molecular weight excluding hydrogens is 256 g/mol. The van der Waals surface area contributed by atoms with Crippen LogP contribution in [0.4, 0.5) is 0 Å². The number of hydrogen-bond donors (Lipinski definition) is 1. The summed E-state index contributed by atoms with van der Waals surface area (Å²) in [4.78, 5) is 25.4. The highest BCUT2D eigenvalue weighted by Gasteiger charge is 2.22. The molecule has 0 spiro atoms. The van der Waals surface area contributed by atoms with Gasteiger partial charge in [0.1, 0.15) is 0 Å². The summed E-state index contributed by atoms with van der Waals surface area (Å²) in [6.07, 6.45) is 7.26. The topological polar surface area (TPSA) is 62.6 Å². The van der Waals surface area contributed by atoms with Gasteiger partial charge in [-0.3, -0.25) is 9.59 Å². The zero-order valence-corrected chi connectivity index (χ0v) is 11.9. The maximum Gasteiger partial charge on any atom is 0.287 e. The van der Waals surface area contributed by atoms with Crippen molar-refractivity contribution in [1.29, 1.82) is 0 Å². The van der Waals surface area contributed by atoms with Crippen molar-refractivity contribution < 1.29 is 14.0 Å². The molecule has 0 atom stereocenters. The van der Waals surface area contributed by atoms with Crippen LogP contribution in [-0.4, -0.2) is 35.8 Å². The van der Waals surface area contributed by atoms with Gasteiger partial charge in [0.05, 0.1) is 6.26 Å². The lowest BCUT2D eigenvalue weighted by Gasteiger charge is -2.33. The van der Waals surface area contributed by atoms with Crippen LogP contribution in [0.15, 0.2) is 22.8 Å². The lowest BCUT2D eigenvalue weighted by atomic mass is 9.94. The number of nitrogens with zero attached hydrogens (tertiary/aromatic N) is 1. The SMILES string of the molecule is CC(=O)N(CCNC(=O)c1ccco1)C1CCCCC1. The van der Waals surface area contributed by atoms with E-state index >= 15 is 0 Å². The van der Waals surface area contributed by atoms with Gasteiger partial charge in [-0.05, 0) is 25.0 Å². The minimum absolute atomic E-state index is 0.0872. The van der Waals surface area contributed by atoms with E-state index in [4.69, 9.17) is 4.42 Å². The normalized spacial score (nSPS) is 15.8. The van der Waals surface area contributed by atoms with E-state index in [0.29, 0.717) is 24.9 Å². The molecule has 0 radical (unpaired) electrons. The van der Waals surface area contributed by atoms with Crippen LogP contribution in [0.2, 0.25) is 0 Å². The van der Waals surface area contributed by atoms with E-state index in [0.717, 1.165) is 12.8 Å². The molecule has 0 aromatic carbocycles. The van der Waals surface area contributed by atoms with Gasteiger partial charge in [0, 0.05) is 26.1 Å². The first-order valence-corrected chi connectivity index (χ1v) is 7.27. The van der Waals surface area contributed by atoms with Crippen molar-refractivity contribution in [2.45, 2.75) is 45.1 Å². The molecule has 1 saturated carbocycles. The second-order valence-corrected chi connectivity index (χ2v) is 5.24. The number of nitrogens with one attached hydrogen (secondary N) is 1. The quantitative estimate of drug-likeness (QED) is 0.898. The standard InChI is InChI=1S/C15H22N2O3/c1-12(18)17(13-6-3-2-4-7-13)10-9-16-15(19)14-8-5-11-20-14/h5,8,11,13H,2-4,6-7,9-10H2,1H3,(H,16,19). The van der Waals surface area contributed by atoms with Crippen LogP contribution in [-0.2, 0) is 4.79 Å². The summed E-state index contributed by atoms with van der Waals surface area (Å²) >= 11 is 0. The average Bonchev–Trinajstić information content (AvgIpc) is 2.98. The fourth-order valence-electron chi connectivity index (χ4n) is 2.77. The van der Waals surface area contributed by atoms with Crippen LogP contribution in [0, 0.1) is 0 Å². The summed E-state index contributed by atoms with van der Waals surface area (Å²) in [5.41, 5.74) is 0. The molecule has 20 heavy (non-hydrogen) atoms. The third-order valence-electron chi connectivity index (χ3n) is 3.80. The second-order valence-electron chi connectivity index (χ2n) is 5.24. The molecule has 2 amide bonds. The van der Waals surface area contributed by atoms with E-state index in [-0.39, 0.29) is 11.8 Å². The van der Waals surface area contributed by atoms with Crippen LogP contribution in [0.5, 0.6) is 0 Å². The minimum Gasteiger partial charge on any atom is -0.459 e. The smallest absolute Gasteiger partial charge is 0.287 e. The van der Waals surface area contributed by atoms with E-state index < -0.39 is 0 Å². The van der Waals surface area contributed by atoms with Crippen molar-refractivity contribution in [3.05, 3.63) is 24.2 Å². The maximum atomic E-state index is 11.7. The van der Waals surface area contributed by atoms with Crippen LogP contribution >= 0.6 is 0 Å². The lowest BCUT2D eigenvalue weighted by Crippen LogP contribution is -2.44. The largest absolute Gasteiger partial charge is 0.459 e. The Morgan fingerprint density at radius 2 is 2.10 bits per heavy atom. The van der Waals surface area contributed by atoms with Gasteiger partial charge in [0.25, 0.3) is 5.91 Å². The molecule has 1 aromatic heterocycles. The number of carbonyl (C=O) groups excluding carboxylic acids is 2. The highest BCUT2D eigenvalue weighted by molar-refractivity contribution is 5.91. The Morgan fingerprint density at radius 3 is 2.70 bits per heavy atom. The first-order chi connectivity index (χ1) is 9.68. The van der Waals surface area contributed by atoms with Crippen molar-refractivity contribution in [2.75, 3.05) is 13.1 Å². The molecule has 1 aliphatic carbocycles. The monoisotopic (exact) mass is 278 g/mol. The van der Waals surface area contributed by atoms with Crippen LogP contribution in [0.3, 0.4) is 0 Å². The molecule has 1 fully saturated rings. The number of furan rings is 1. The highest BCUT2D eigenvalue weighted by Crippen LogP contribution is 2.22. The molecule has 1 aromatic rings. The maximum absolute atomic E-state index is 11.7. The number of hydrogen-bond acceptors (Lipinski definition) is 3. The van der Waals surface area contributed by atoms with Crippen molar-refractivity contribution >= 4 is 11.8 Å². The summed E-state index contributed by atoms with van der Waals surface area (Å²) in [5, 5.41) is 2.78. The molecule has 1 N–H and O–H groups in total. The zero-order valence-electron chi connectivity index (χ0n) is 11.9. The third kappa shape index (κ3) is 3.85. The van der Waals surface area contributed by atoms with Crippen LogP contribution in [0.25, 0.3) is 0 Å². The van der Waals surface area contributed by atoms with E-state index in [2.05, 4.69) is 5.32 Å². The summed E-state index contributed by atoms with van der Waals surface area (Å²) in [6.45, 7) is 2.62. The molecule has 0 bridgehead atoms. The average molecular weight is 278 g/mol. The molecule has 5 nitrogen and oxygen atoms in total. The Bertz CT molecular complexity index is 436. The Morgan fingerprint density at radius 1 is 1.35 bits per heavy atom. The Balaban J connectivity index is 1.80. The molecule has 5 heteroatoms. The van der Waals surface area contributed by atoms with Gasteiger partial charge in [0.15, 0.2) is 5.76 Å². The van der Waals surface area contributed by atoms with E-state index in [1.165, 1.54) is 25.5 Å². The molecule has 0 saturated heterocycles. The number of rotatable bonds is 5. The predicted octanol–water partition coefficient (Wildman–Crippen LogP) is 2.19. The van der Waals surface area contributed by atoms with Gasteiger partial charge < -0.3 is 14.6 Å². The molecule has 1 aliphatic rings. The lowest BCUT2D eigenvalue weighted by molar-refractivity contribution is -0.131. The molecule has 1 heterocycles. The van der Waals surface area contributed by atoms with Crippen LogP contribution in [0.1, 0.15) is 49.6 Å². The summed E-state index contributed by atoms with van der Waals surface area (Å²) < 4.78 is 5.02. The Hall–Kier alpha value is -1.78. The zero-order chi connectivity index (χ0) is 14.4. The van der Waals surface area contributed by atoms with Gasteiger partial charge in [0.2, 0.25) is 5.91 Å². The van der Waals surface area contributed by atoms with Gasteiger partial charge >= 0.3 is 0 Å². The van der Waals surface area contributed by atoms with Crippen LogP contribution < -0.4 is 5.32 Å². The first-order valence-electron chi connectivity index (χ1n) is 7.27. The predicted molar refractivity (Wildman–Crippen MR) is 75.3 cm³/mol. The summed E-state index contributed by atoms with van der Waals surface area (Å²) in [7, 11) is 0. The Labute approximate surface area is 119 Å². The highest BCUT2D eigenvalue weighted by atomic mass is 16.3. The van der Waals surface area contributed by atoms with Gasteiger partial charge in [-0.15, -0.1) is 0 Å². The van der Waals surface area contributed by atoms with E-state index in [1.807, 2.05) is 4.90 Å². The summed E-state index contributed by atoms with van der Waals surface area (Å²) in [5.74, 6) is 0.156. The Kier molecular flexibility index (Phi) is 5.21. The molecular formula is C15H22N2O3. The van der Waals surface area contributed by atoms with Crippen molar-refractivity contribution in [1.82, 2.24) is 10.2 Å². The second kappa shape index (κ2) is 7.12. The van der Waals surface area contributed by atoms with Gasteiger partial charge in [-0.1, -0.05) is 19.3 Å². The minimum atomic E-state index is -0.234. The molecule has 0 aliphatic heterocycles. The number of amides is 2. The van der Waals surface area contributed by atoms with Crippen molar-refractivity contribution in [2.24, 2.45) is 0 Å². The molecule has 2 rings (SSSR count). The van der Waals surface area contributed by atoms with E-state index in [1.54, 1.807) is 19.1 Å². The van der Waals surface area contributed by atoms with Crippen molar-refractivity contribution in [3.8, 4) is 0 Å². The molecule has 0 unspecified atom stereocenters. The van der Waals surface area contributed by atoms with E-state index in [9.17, 15) is 9.59 Å². The van der Waals surface area contributed by atoms with Crippen molar-refractivity contribution in [3.63, 3.8) is 0 Å². The van der Waals surface area contributed by atoms with Gasteiger partial charge in [-0.25, -0.2) is 0 Å². The van der Waals surface area contributed by atoms with Gasteiger partial charge in [-0.2, -0.15) is 0 Å².